The molecule has 0 amide bonds. The summed E-state index contributed by atoms with van der Waals surface area (Å²) in [7, 11) is 0. The molecular weight excluding hydrogens is 156 g/mol. The van der Waals surface area contributed by atoms with Crippen LogP contribution in [-0.4, -0.2) is 5.88 Å². The normalized spacial score (nSPS) is 11.6. The van der Waals surface area contributed by atoms with Crippen LogP contribution in [0.2, 0.25) is 0 Å². The Morgan fingerprint density at radius 3 is 2.27 bits per heavy atom. The number of allylic oxidation sites excluding steroid dienone is 2. The lowest BCUT2D eigenvalue weighted by atomic mass is 9.99. The van der Waals surface area contributed by atoms with Crippen molar-refractivity contribution < 1.29 is 0 Å². The molecule has 0 aromatic carbocycles. The summed E-state index contributed by atoms with van der Waals surface area (Å²) >= 11 is 5.53. The quantitative estimate of drug-likeness (QED) is 0.422. The van der Waals surface area contributed by atoms with Crippen LogP contribution in [0.3, 0.4) is 0 Å². The zero-order chi connectivity index (χ0) is 8.53. The highest BCUT2D eigenvalue weighted by Gasteiger charge is 1.98. The molecule has 0 saturated carbocycles. The van der Waals surface area contributed by atoms with Crippen LogP contribution >= 0.6 is 11.6 Å². The molecule has 0 rings (SSSR count). The zero-order valence-electron chi connectivity index (χ0n) is 7.65. The Morgan fingerprint density at radius 2 is 1.82 bits per heavy atom. The van der Waals surface area contributed by atoms with Gasteiger partial charge in [0.25, 0.3) is 0 Å². The average Bonchev–Trinajstić information content (AvgIpc) is 2.05. The topological polar surface area (TPSA) is 0 Å². The molecule has 66 valence electrons. The molecule has 1 heteroatoms. The molecule has 0 aliphatic carbocycles. The fourth-order valence-electron chi connectivity index (χ4n) is 1.09. The lowest BCUT2D eigenvalue weighted by Gasteiger charge is -2.07. The first-order valence-corrected chi connectivity index (χ1v) is 5.09. The van der Waals surface area contributed by atoms with Gasteiger partial charge in [-0.1, -0.05) is 38.8 Å². The van der Waals surface area contributed by atoms with Crippen molar-refractivity contribution in [2.75, 3.05) is 5.88 Å². The van der Waals surface area contributed by atoms with Crippen molar-refractivity contribution in [3.05, 3.63) is 12.2 Å². The molecule has 0 aromatic rings. The molecule has 0 nitrogen and oxygen atoms in total. The summed E-state index contributed by atoms with van der Waals surface area (Å²) in [6.07, 6.45) is 9.28. The van der Waals surface area contributed by atoms with E-state index >= 15 is 0 Å². The van der Waals surface area contributed by atoms with Gasteiger partial charge in [0.15, 0.2) is 0 Å². The van der Waals surface area contributed by atoms with E-state index in [1.807, 2.05) is 0 Å². The van der Waals surface area contributed by atoms with E-state index in [4.69, 9.17) is 11.6 Å². The molecule has 11 heavy (non-hydrogen) atoms. The van der Waals surface area contributed by atoms with E-state index in [0.717, 1.165) is 18.2 Å². The largest absolute Gasteiger partial charge is 0.126 e. The maximum atomic E-state index is 5.53. The van der Waals surface area contributed by atoms with Crippen LogP contribution in [-0.2, 0) is 0 Å². The Hall–Kier alpha value is 0.0300. The summed E-state index contributed by atoms with van der Waals surface area (Å²) in [6, 6.07) is 0. The Bertz CT molecular complexity index is 93.0. The van der Waals surface area contributed by atoms with Crippen molar-refractivity contribution in [3.8, 4) is 0 Å². The fourth-order valence-corrected chi connectivity index (χ4v) is 1.22. The van der Waals surface area contributed by atoms with Gasteiger partial charge in [-0.3, -0.25) is 0 Å². The maximum Gasteiger partial charge on any atom is 0.0257 e. The van der Waals surface area contributed by atoms with Crippen molar-refractivity contribution in [1.29, 1.82) is 0 Å². The van der Waals surface area contributed by atoms with E-state index in [0.29, 0.717) is 0 Å². The highest BCUT2D eigenvalue weighted by Crippen LogP contribution is 2.12. The molecule has 0 aromatic heterocycles. The first-order chi connectivity index (χ1) is 5.35. The maximum absolute atomic E-state index is 5.53. The van der Waals surface area contributed by atoms with Crippen molar-refractivity contribution >= 4 is 11.6 Å². The lowest BCUT2D eigenvalue weighted by Crippen LogP contribution is -1.93. The number of rotatable bonds is 6. The smallest absolute Gasteiger partial charge is 0.0257 e. The average molecular weight is 175 g/mol. The third-order valence-electron chi connectivity index (χ3n) is 2.07. The zero-order valence-corrected chi connectivity index (χ0v) is 8.40. The summed E-state index contributed by atoms with van der Waals surface area (Å²) < 4.78 is 0. The highest BCUT2D eigenvalue weighted by molar-refractivity contribution is 6.17. The van der Waals surface area contributed by atoms with Gasteiger partial charge in [-0.15, -0.1) is 11.6 Å². The minimum Gasteiger partial charge on any atom is -0.126 e. The van der Waals surface area contributed by atoms with Crippen LogP contribution in [0.1, 0.15) is 39.5 Å². The third kappa shape index (κ3) is 6.43. The van der Waals surface area contributed by atoms with Gasteiger partial charge < -0.3 is 0 Å². The van der Waals surface area contributed by atoms with Crippen molar-refractivity contribution in [2.45, 2.75) is 39.5 Å². The summed E-state index contributed by atoms with van der Waals surface area (Å²) in [5.41, 5.74) is 0. The van der Waals surface area contributed by atoms with Gasteiger partial charge in [0.2, 0.25) is 0 Å². The molecule has 0 unspecified atom stereocenters. The summed E-state index contributed by atoms with van der Waals surface area (Å²) in [4.78, 5) is 0. The lowest BCUT2D eigenvalue weighted by molar-refractivity contribution is 0.499. The van der Waals surface area contributed by atoms with E-state index in [1.54, 1.807) is 0 Å². The molecule has 0 radical (unpaired) electrons. The Labute approximate surface area is 75.6 Å². The van der Waals surface area contributed by atoms with Gasteiger partial charge in [0.1, 0.15) is 0 Å². The molecule has 0 spiro atoms. The van der Waals surface area contributed by atoms with Gasteiger partial charge in [-0.05, 0) is 18.8 Å². The second-order valence-corrected chi connectivity index (χ2v) is 3.25. The first kappa shape index (κ1) is 11.0. The molecule has 0 saturated heterocycles. The predicted octanol–water partition coefficient (Wildman–Crippen LogP) is 4.00. The van der Waals surface area contributed by atoms with E-state index in [9.17, 15) is 0 Å². The van der Waals surface area contributed by atoms with Crippen molar-refractivity contribution in [3.63, 3.8) is 0 Å². The summed E-state index contributed by atoms with van der Waals surface area (Å²) in [5.74, 6) is 1.63. The molecule has 0 N–H and O–H groups in total. The standard InChI is InChI=1S/C10H19Cl/c1-3-10(4-2)8-6-5-7-9-11/h5-6,10H,3-4,7-9H2,1-2H3/b6-5+. The van der Waals surface area contributed by atoms with Crippen molar-refractivity contribution in [2.24, 2.45) is 5.92 Å². The number of alkyl halides is 1. The molecule has 0 heterocycles. The minimum atomic E-state index is 0.749. The van der Waals surface area contributed by atoms with Gasteiger partial charge in [-0.25, -0.2) is 0 Å². The molecule has 0 atom stereocenters. The number of halogens is 1. The second-order valence-electron chi connectivity index (χ2n) is 2.87. The van der Waals surface area contributed by atoms with Gasteiger partial charge in [0.05, 0.1) is 0 Å². The van der Waals surface area contributed by atoms with E-state index in [1.165, 1.54) is 19.3 Å². The highest BCUT2D eigenvalue weighted by atomic mass is 35.5. The molecule has 0 bridgehead atoms. The van der Waals surface area contributed by atoms with Crippen LogP contribution in [0.4, 0.5) is 0 Å². The Morgan fingerprint density at radius 1 is 1.18 bits per heavy atom. The van der Waals surface area contributed by atoms with E-state index in [-0.39, 0.29) is 0 Å². The summed E-state index contributed by atoms with van der Waals surface area (Å²) in [5, 5.41) is 0. The molecule has 0 aliphatic rings. The minimum absolute atomic E-state index is 0.749. The van der Waals surface area contributed by atoms with Gasteiger partial charge >= 0.3 is 0 Å². The predicted molar refractivity (Wildman–Crippen MR) is 53.2 cm³/mol. The Balaban J connectivity index is 3.33. The van der Waals surface area contributed by atoms with Crippen LogP contribution in [0.15, 0.2) is 12.2 Å². The van der Waals surface area contributed by atoms with Crippen LogP contribution in [0.5, 0.6) is 0 Å². The molecule has 0 fully saturated rings. The third-order valence-corrected chi connectivity index (χ3v) is 2.28. The SMILES string of the molecule is CCC(CC)C/C=C/CCCl. The summed E-state index contributed by atoms with van der Waals surface area (Å²) in [6.45, 7) is 4.51. The Kier molecular flexibility index (Phi) is 8.15. The number of hydrogen-bond donors (Lipinski definition) is 0. The van der Waals surface area contributed by atoms with Crippen LogP contribution in [0.25, 0.3) is 0 Å². The van der Waals surface area contributed by atoms with Gasteiger partial charge in [-0.2, -0.15) is 0 Å². The molecular formula is C10H19Cl. The van der Waals surface area contributed by atoms with Crippen LogP contribution in [0, 0.1) is 5.92 Å². The van der Waals surface area contributed by atoms with Crippen molar-refractivity contribution in [1.82, 2.24) is 0 Å². The molecule has 0 aliphatic heterocycles. The second kappa shape index (κ2) is 8.13. The fraction of sp³-hybridized carbons (Fsp3) is 0.800. The first-order valence-electron chi connectivity index (χ1n) is 4.56. The monoisotopic (exact) mass is 174 g/mol. The van der Waals surface area contributed by atoms with E-state index in [2.05, 4.69) is 26.0 Å². The van der Waals surface area contributed by atoms with Crippen LogP contribution < -0.4 is 0 Å². The van der Waals surface area contributed by atoms with Gasteiger partial charge in [0, 0.05) is 5.88 Å². The van der Waals surface area contributed by atoms with E-state index < -0.39 is 0 Å². The number of hydrogen-bond acceptors (Lipinski definition) is 0.